The maximum Gasteiger partial charge on any atom is 0.295 e. The van der Waals surface area contributed by atoms with Crippen LogP contribution in [0.15, 0.2) is 48.3 Å². The first-order valence-electron chi connectivity index (χ1n) is 9.45. The van der Waals surface area contributed by atoms with Crippen molar-refractivity contribution in [2.75, 3.05) is 41.4 Å². The van der Waals surface area contributed by atoms with Crippen molar-refractivity contribution < 1.29 is 24.2 Å². The molecule has 30 heavy (non-hydrogen) atoms. The van der Waals surface area contributed by atoms with E-state index in [2.05, 4.69) is 4.98 Å². The molecule has 8 heteroatoms. The maximum absolute atomic E-state index is 13.0. The monoisotopic (exact) mass is 411 g/mol. The minimum Gasteiger partial charge on any atom is -0.507 e. The highest BCUT2D eigenvalue weighted by Gasteiger charge is 2.47. The molecule has 0 spiro atoms. The zero-order valence-electron chi connectivity index (χ0n) is 17.5. The summed E-state index contributed by atoms with van der Waals surface area (Å²) in [6.45, 7) is 0.848. The Morgan fingerprint density at radius 2 is 1.83 bits per heavy atom. The Labute approximate surface area is 175 Å². The fraction of sp³-hybridized carbons (Fsp3) is 0.318. The predicted molar refractivity (Wildman–Crippen MR) is 111 cm³/mol. The standard InChI is InChI=1S/C22H25N3O5/c1-24(2)12-13-25-18(15-6-5-7-16(29-3)21(15)30-4)17(20(27)22(25)28)19(26)14-8-10-23-11-9-14/h5-11,18,26H,12-13H2,1-4H3/b19-17+. The van der Waals surface area contributed by atoms with Crippen molar-refractivity contribution in [3.8, 4) is 11.5 Å². The number of Topliss-reactive ketones (excluding diaryl/α,β-unsaturated/α-hetero) is 1. The Morgan fingerprint density at radius 3 is 2.43 bits per heavy atom. The predicted octanol–water partition coefficient (Wildman–Crippen LogP) is 2.08. The van der Waals surface area contributed by atoms with Crippen molar-refractivity contribution in [2.45, 2.75) is 6.04 Å². The maximum atomic E-state index is 13.0. The molecule has 2 heterocycles. The topological polar surface area (TPSA) is 92.2 Å². The lowest BCUT2D eigenvalue weighted by atomic mass is 9.94. The van der Waals surface area contributed by atoms with Gasteiger partial charge < -0.3 is 24.4 Å². The second-order valence-electron chi connectivity index (χ2n) is 7.11. The van der Waals surface area contributed by atoms with Crippen LogP contribution in [0.5, 0.6) is 11.5 Å². The van der Waals surface area contributed by atoms with Crippen LogP contribution < -0.4 is 9.47 Å². The molecule has 8 nitrogen and oxygen atoms in total. The Hall–Kier alpha value is -3.39. The van der Waals surface area contributed by atoms with Gasteiger partial charge in [-0.15, -0.1) is 0 Å². The van der Waals surface area contributed by atoms with Gasteiger partial charge in [0.15, 0.2) is 11.5 Å². The lowest BCUT2D eigenvalue weighted by Crippen LogP contribution is -2.35. The molecule has 1 amide bonds. The number of ether oxygens (including phenoxy) is 2. The molecule has 0 saturated carbocycles. The molecular formula is C22H25N3O5. The van der Waals surface area contributed by atoms with Gasteiger partial charge >= 0.3 is 0 Å². The quantitative estimate of drug-likeness (QED) is 0.424. The molecule has 1 aromatic heterocycles. The minimum absolute atomic E-state index is 0.0107. The van der Waals surface area contributed by atoms with E-state index in [1.165, 1.54) is 31.5 Å². The fourth-order valence-corrected chi connectivity index (χ4v) is 3.53. The lowest BCUT2D eigenvalue weighted by Gasteiger charge is -2.28. The highest BCUT2D eigenvalue weighted by Crippen LogP contribution is 2.45. The Bertz CT molecular complexity index is 972. The number of pyridine rings is 1. The number of carbonyl (C=O) groups is 2. The number of aliphatic hydroxyl groups excluding tert-OH is 1. The van der Waals surface area contributed by atoms with Crippen LogP contribution in [0.2, 0.25) is 0 Å². The summed E-state index contributed by atoms with van der Waals surface area (Å²) in [5.41, 5.74) is 0.976. The summed E-state index contributed by atoms with van der Waals surface area (Å²) in [6, 6.07) is 7.61. The molecule has 0 bridgehead atoms. The summed E-state index contributed by atoms with van der Waals surface area (Å²) in [4.78, 5) is 33.3. The van der Waals surface area contributed by atoms with Crippen LogP contribution in [0.1, 0.15) is 17.2 Å². The van der Waals surface area contributed by atoms with Crippen molar-refractivity contribution in [2.24, 2.45) is 0 Å². The van der Waals surface area contributed by atoms with Gasteiger partial charge in [0.25, 0.3) is 11.7 Å². The first kappa shape index (κ1) is 21.3. The Morgan fingerprint density at radius 1 is 1.13 bits per heavy atom. The molecule has 0 radical (unpaired) electrons. The van der Waals surface area contributed by atoms with E-state index in [1.807, 2.05) is 19.0 Å². The number of rotatable bonds is 7. The van der Waals surface area contributed by atoms with E-state index in [-0.39, 0.29) is 11.3 Å². The van der Waals surface area contributed by atoms with Crippen molar-refractivity contribution in [1.82, 2.24) is 14.8 Å². The average Bonchev–Trinajstić information content (AvgIpc) is 3.01. The first-order valence-corrected chi connectivity index (χ1v) is 9.45. The average molecular weight is 411 g/mol. The van der Waals surface area contributed by atoms with Gasteiger partial charge in [-0.25, -0.2) is 0 Å². The number of ketones is 1. The zero-order valence-corrected chi connectivity index (χ0v) is 17.5. The molecular weight excluding hydrogens is 386 g/mol. The lowest BCUT2D eigenvalue weighted by molar-refractivity contribution is -0.140. The largest absolute Gasteiger partial charge is 0.507 e. The van der Waals surface area contributed by atoms with Crippen LogP contribution in [0, 0.1) is 0 Å². The van der Waals surface area contributed by atoms with Gasteiger partial charge in [0.2, 0.25) is 0 Å². The Kier molecular flexibility index (Phi) is 6.37. The van der Waals surface area contributed by atoms with Crippen LogP contribution in [0.25, 0.3) is 5.76 Å². The number of likely N-dealkylation sites (tertiary alicyclic amines) is 1. The van der Waals surface area contributed by atoms with E-state index >= 15 is 0 Å². The number of amides is 1. The summed E-state index contributed by atoms with van der Waals surface area (Å²) in [5.74, 6) is -0.780. The number of aromatic nitrogens is 1. The molecule has 1 aliphatic heterocycles. The highest BCUT2D eigenvalue weighted by atomic mass is 16.5. The molecule has 1 fully saturated rings. The van der Waals surface area contributed by atoms with Gasteiger partial charge in [-0.05, 0) is 32.3 Å². The molecule has 0 aliphatic carbocycles. The van der Waals surface area contributed by atoms with Gasteiger partial charge in [-0.3, -0.25) is 14.6 Å². The van der Waals surface area contributed by atoms with E-state index < -0.39 is 17.7 Å². The van der Waals surface area contributed by atoms with Crippen LogP contribution in [-0.4, -0.2) is 73.0 Å². The number of carbonyl (C=O) groups excluding carboxylic acids is 2. The fourth-order valence-electron chi connectivity index (χ4n) is 3.53. The SMILES string of the molecule is COc1cccc(C2/C(=C(\O)c3ccncc3)C(=O)C(=O)N2CCN(C)C)c1OC. The molecule has 158 valence electrons. The number of nitrogens with zero attached hydrogens (tertiary/aromatic N) is 3. The normalized spacial score (nSPS) is 18.2. The van der Waals surface area contributed by atoms with Crippen molar-refractivity contribution in [1.29, 1.82) is 0 Å². The second-order valence-corrected chi connectivity index (χ2v) is 7.11. The molecule has 1 N–H and O–H groups in total. The van der Waals surface area contributed by atoms with Crippen molar-refractivity contribution in [3.05, 3.63) is 59.4 Å². The van der Waals surface area contributed by atoms with E-state index in [0.29, 0.717) is 35.7 Å². The van der Waals surface area contributed by atoms with Crippen LogP contribution in [0.3, 0.4) is 0 Å². The second kappa shape index (κ2) is 8.96. The van der Waals surface area contributed by atoms with Crippen LogP contribution in [-0.2, 0) is 9.59 Å². The number of likely N-dealkylation sites (N-methyl/N-ethyl adjacent to an activating group) is 1. The summed E-state index contributed by atoms with van der Waals surface area (Å²) in [6.07, 6.45) is 3.02. The number of hydrogen-bond donors (Lipinski definition) is 1. The molecule has 1 saturated heterocycles. The molecule has 1 unspecified atom stereocenters. The van der Waals surface area contributed by atoms with Crippen molar-refractivity contribution in [3.63, 3.8) is 0 Å². The van der Waals surface area contributed by atoms with E-state index in [9.17, 15) is 14.7 Å². The number of para-hydroxylation sites is 1. The van der Waals surface area contributed by atoms with Gasteiger partial charge in [0, 0.05) is 36.6 Å². The van der Waals surface area contributed by atoms with Crippen LogP contribution >= 0.6 is 0 Å². The van der Waals surface area contributed by atoms with Gasteiger partial charge in [-0.1, -0.05) is 12.1 Å². The van der Waals surface area contributed by atoms with E-state index in [4.69, 9.17) is 9.47 Å². The smallest absolute Gasteiger partial charge is 0.295 e. The Balaban J connectivity index is 2.23. The third-order valence-electron chi connectivity index (χ3n) is 5.01. The minimum atomic E-state index is -0.817. The summed E-state index contributed by atoms with van der Waals surface area (Å²) < 4.78 is 11.0. The zero-order chi connectivity index (χ0) is 21.8. The summed E-state index contributed by atoms with van der Waals surface area (Å²) in [7, 11) is 6.78. The molecule has 2 aromatic rings. The number of benzene rings is 1. The van der Waals surface area contributed by atoms with E-state index in [0.717, 1.165) is 0 Å². The van der Waals surface area contributed by atoms with E-state index in [1.54, 1.807) is 30.3 Å². The third-order valence-corrected chi connectivity index (χ3v) is 5.01. The number of aliphatic hydroxyl groups is 1. The number of hydrogen-bond acceptors (Lipinski definition) is 7. The summed E-state index contributed by atoms with van der Waals surface area (Å²) >= 11 is 0. The third kappa shape index (κ3) is 3.86. The van der Waals surface area contributed by atoms with Crippen LogP contribution in [0.4, 0.5) is 0 Å². The van der Waals surface area contributed by atoms with Gasteiger partial charge in [0.05, 0.1) is 25.8 Å². The highest BCUT2D eigenvalue weighted by molar-refractivity contribution is 6.46. The molecule has 1 atom stereocenters. The van der Waals surface area contributed by atoms with Gasteiger partial charge in [0.1, 0.15) is 5.76 Å². The summed E-state index contributed by atoms with van der Waals surface area (Å²) in [5, 5.41) is 11.0. The molecule has 3 rings (SSSR count). The molecule has 1 aromatic carbocycles. The first-order chi connectivity index (χ1) is 14.4. The number of methoxy groups -OCH3 is 2. The molecule has 1 aliphatic rings. The van der Waals surface area contributed by atoms with Gasteiger partial charge in [-0.2, -0.15) is 0 Å². The van der Waals surface area contributed by atoms with Crippen molar-refractivity contribution >= 4 is 17.4 Å².